The van der Waals surface area contributed by atoms with Gasteiger partial charge in [-0.3, -0.25) is 0 Å². The summed E-state index contributed by atoms with van der Waals surface area (Å²) in [6.07, 6.45) is 3.47. The van der Waals surface area contributed by atoms with Crippen molar-refractivity contribution in [2.45, 2.75) is 44.3 Å². The predicted molar refractivity (Wildman–Crippen MR) is 69.9 cm³/mol. The molecule has 0 radical (unpaired) electrons. The van der Waals surface area contributed by atoms with E-state index in [0.717, 1.165) is 29.5 Å². The summed E-state index contributed by atoms with van der Waals surface area (Å²) >= 11 is 5.16. The molecule has 2 rings (SSSR count). The topological polar surface area (TPSA) is 29.5 Å². The third kappa shape index (κ3) is 3.06. The Morgan fingerprint density at radius 2 is 2.44 bits per heavy atom. The molecule has 0 aliphatic carbocycles. The van der Waals surface area contributed by atoms with Crippen LogP contribution >= 0.6 is 27.3 Å². The molecule has 2 atom stereocenters. The van der Waals surface area contributed by atoms with Crippen LogP contribution < -0.4 is 0 Å². The van der Waals surface area contributed by atoms with Crippen LogP contribution in [0.3, 0.4) is 0 Å². The quantitative estimate of drug-likeness (QED) is 0.928. The van der Waals surface area contributed by atoms with Crippen LogP contribution in [0.2, 0.25) is 0 Å². The molecule has 2 nitrogen and oxygen atoms in total. The van der Waals surface area contributed by atoms with Crippen molar-refractivity contribution in [2.75, 3.05) is 6.61 Å². The summed E-state index contributed by atoms with van der Waals surface area (Å²) in [5.41, 5.74) is -0.566. The zero-order chi connectivity index (χ0) is 11.6. The molecule has 0 bridgehead atoms. The monoisotopic (exact) mass is 304 g/mol. The second kappa shape index (κ2) is 5.17. The van der Waals surface area contributed by atoms with E-state index in [-0.39, 0.29) is 6.10 Å². The maximum absolute atomic E-state index is 10.5. The molecular formula is C12H17BrO2S. The molecule has 1 aromatic rings. The first-order valence-corrected chi connectivity index (χ1v) is 7.30. The van der Waals surface area contributed by atoms with Crippen LogP contribution in [0.5, 0.6) is 0 Å². The first kappa shape index (κ1) is 12.6. The average Bonchev–Trinajstić information content (AvgIpc) is 2.63. The summed E-state index contributed by atoms with van der Waals surface area (Å²) in [4.78, 5) is 1.24. The van der Waals surface area contributed by atoms with Crippen molar-refractivity contribution in [1.29, 1.82) is 0 Å². The lowest BCUT2D eigenvalue weighted by atomic mass is 9.86. The first-order chi connectivity index (χ1) is 7.61. The molecule has 0 amide bonds. The normalized spacial score (nSPS) is 30.6. The van der Waals surface area contributed by atoms with Gasteiger partial charge in [0.15, 0.2) is 0 Å². The third-order valence-electron chi connectivity index (χ3n) is 3.12. The smallest absolute Gasteiger partial charge is 0.0742 e. The zero-order valence-electron chi connectivity index (χ0n) is 9.41. The maximum Gasteiger partial charge on any atom is 0.0742 e. The molecular weight excluding hydrogens is 288 g/mol. The Hall–Kier alpha value is 0.1000. The third-order valence-corrected chi connectivity index (χ3v) is 4.74. The Kier molecular flexibility index (Phi) is 4.06. The lowest BCUT2D eigenvalue weighted by molar-refractivity contribution is -0.103. The van der Waals surface area contributed by atoms with Crippen molar-refractivity contribution >= 4 is 27.3 Å². The zero-order valence-corrected chi connectivity index (χ0v) is 11.8. The van der Waals surface area contributed by atoms with E-state index >= 15 is 0 Å². The molecule has 0 saturated carbocycles. The molecule has 2 unspecified atom stereocenters. The lowest BCUT2D eigenvalue weighted by Crippen LogP contribution is -2.42. The van der Waals surface area contributed by atoms with E-state index in [1.807, 2.05) is 6.07 Å². The molecule has 0 aromatic carbocycles. The van der Waals surface area contributed by atoms with Gasteiger partial charge in [-0.2, -0.15) is 0 Å². The van der Waals surface area contributed by atoms with Gasteiger partial charge in [0, 0.05) is 24.3 Å². The molecule has 1 fully saturated rings. The van der Waals surface area contributed by atoms with Crippen LogP contribution in [0.25, 0.3) is 0 Å². The molecule has 1 N–H and O–H groups in total. The van der Waals surface area contributed by atoms with Crippen molar-refractivity contribution in [3.05, 3.63) is 20.8 Å². The molecule has 1 aromatic heterocycles. The van der Waals surface area contributed by atoms with Gasteiger partial charge in [-0.25, -0.2) is 0 Å². The molecule has 2 heterocycles. The highest BCUT2D eigenvalue weighted by Crippen LogP contribution is 2.32. The molecule has 1 saturated heterocycles. The maximum atomic E-state index is 10.5. The highest BCUT2D eigenvalue weighted by atomic mass is 79.9. The van der Waals surface area contributed by atoms with E-state index in [4.69, 9.17) is 4.74 Å². The summed E-state index contributed by atoms with van der Waals surface area (Å²) in [6, 6.07) is 4.13. The van der Waals surface area contributed by atoms with Crippen LogP contribution in [0.1, 0.15) is 31.1 Å². The Bertz CT molecular complexity index is 353. The molecule has 1 aliphatic rings. The van der Waals surface area contributed by atoms with Crippen molar-refractivity contribution in [3.63, 3.8) is 0 Å². The number of halogens is 1. The van der Waals surface area contributed by atoms with Crippen LogP contribution in [0, 0.1) is 0 Å². The fraction of sp³-hybridized carbons (Fsp3) is 0.667. The second-order valence-corrected chi connectivity index (χ2v) is 7.01. The minimum absolute atomic E-state index is 0.224. The van der Waals surface area contributed by atoms with Gasteiger partial charge in [0.25, 0.3) is 0 Å². The van der Waals surface area contributed by atoms with Crippen LogP contribution in [0.4, 0.5) is 0 Å². The van der Waals surface area contributed by atoms with Gasteiger partial charge in [0.1, 0.15) is 0 Å². The van der Waals surface area contributed by atoms with E-state index in [0.29, 0.717) is 6.61 Å². The van der Waals surface area contributed by atoms with Crippen molar-refractivity contribution in [2.24, 2.45) is 0 Å². The fourth-order valence-electron chi connectivity index (χ4n) is 2.19. The average molecular weight is 305 g/mol. The Morgan fingerprint density at radius 1 is 1.62 bits per heavy atom. The van der Waals surface area contributed by atoms with E-state index < -0.39 is 5.60 Å². The van der Waals surface area contributed by atoms with Gasteiger partial charge in [-0.05, 0) is 40.9 Å². The fourth-order valence-corrected chi connectivity index (χ4v) is 3.81. The minimum atomic E-state index is -0.566. The van der Waals surface area contributed by atoms with Gasteiger partial charge in [0.2, 0.25) is 0 Å². The standard InChI is InChI=1S/C12H17BrO2S/c1-2-9-7-12(14,5-6-15-9)8-10-3-4-11(13)16-10/h3-4,9,14H,2,5-8H2,1H3. The molecule has 0 spiro atoms. The van der Waals surface area contributed by atoms with Crippen molar-refractivity contribution in [3.8, 4) is 0 Å². The number of rotatable bonds is 3. The second-order valence-electron chi connectivity index (χ2n) is 4.46. The Morgan fingerprint density at radius 3 is 3.06 bits per heavy atom. The van der Waals surface area contributed by atoms with E-state index in [1.54, 1.807) is 11.3 Å². The number of hydrogen-bond acceptors (Lipinski definition) is 3. The van der Waals surface area contributed by atoms with E-state index in [9.17, 15) is 5.11 Å². The lowest BCUT2D eigenvalue weighted by Gasteiger charge is -2.36. The van der Waals surface area contributed by atoms with E-state index in [1.165, 1.54) is 4.88 Å². The molecule has 4 heteroatoms. The van der Waals surface area contributed by atoms with Crippen LogP contribution in [-0.2, 0) is 11.2 Å². The van der Waals surface area contributed by atoms with Gasteiger partial charge < -0.3 is 9.84 Å². The highest BCUT2D eigenvalue weighted by Gasteiger charge is 2.34. The molecule has 90 valence electrons. The minimum Gasteiger partial charge on any atom is -0.389 e. The predicted octanol–water partition coefficient (Wildman–Crippen LogP) is 3.37. The van der Waals surface area contributed by atoms with E-state index in [2.05, 4.69) is 28.9 Å². The summed E-state index contributed by atoms with van der Waals surface area (Å²) in [5, 5.41) is 10.5. The summed E-state index contributed by atoms with van der Waals surface area (Å²) in [5.74, 6) is 0. The Labute approximate surface area is 109 Å². The number of thiophene rings is 1. The van der Waals surface area contributed by atoms with Gasteiger partial charge >= 0.3 is 0 Å². The van der Waals surface area contributed by atoms with Gasteiger partial charge in [-0.1, -0.05) is 6.92 Å². The molecule has 1 aliphatic heterocycles. The summed E-state index contributed by atoms with van der Waals surface area (Å²) < 4.78 is 6.73. The number of ether oxygens (including phenoxy) is 1. The van der Waals surface area contributed by atoms with Crippen molar-refractivity contribution in [1.82, 2.24) is 0 Å². The largest absolute Gasteiger partial charge is 0.389 e. The SMILES string of the molecule is CCC1CC(O)(Cc2ccc(Br)s2)CCO1. The summed E-state index contributed by atoms with van der Waals surface area (Å²) in [6.45, 7) is 2.79. The molecule has 16 heavy (non-hydrogen) atoms. The Balaban J connectivity index is 2.01. The highest BCUT2D eigenvalue weighted by molar-refractivity contribution is 9.11. The van der Waals surface area contributed by atoms with Crippen molar-refractivity contribution < 1.29 is 9.84 Å². The van der Waals surface area contributed by atoms with Gasteiger partial charge in [-0.15, -0.1) is 11.3 Å². The number of aliphatic hydroxyl groups is 1. The van der Waals surface area contributed by atoms with Crippen LogP contribution in [-0.4, -0.2) is 23.4 Å². The first-order valence-electron chi connectivity index (χ1n) is 5.69. The van der Waals surface area contributed by atoms with Gasteiger partial charge in [0.05, 0.1) is 15.5 Å². The van der Waals surface area contributed by atoms with Crippen LogP contribution in [0.15, 0.2) is 15.9 Å². The summed E-state index contributed by atoms with van der Waals surface area (Å²) in [7, 11) is 0. The number of hydrogen-bond donors (Lipinski definition) is 1.